The number of carbonyl (C=O) groups is 1. The van der Waals surface area contributed by atoms with Gasteiger partial charge in [-0.3, -0.25) is 4.79 Å². The number of hydrogen-bond acceptors (Lipinski definition) is 5. The van der Waals surface area contributed by atoms with Crippen molar-refractivity contribution in [3.8, 4) is 11.6 Å². The van der Waals surface area contributed by atoms with Gasteiger partial charge in [-0.1, -0.05) is 6.07 Å². The molecule has 3 aromatic rings. The van der Waals surface area contributed by atoms with Crippen LogP contribution in [0.1, 0.15) is 10.4 Å². The first-order valence-corrected chi connectivity index (χ1v) is 5.60. The largest absolute Gasteiger partial charge is 0.439 e. The molecule has 0 atom stereocenters. The van der Waals surface area contributed by atoms with Crippen molar-refractivity contribution in [2.75, 3.05) is 5.73 Å². The fourth-order valence-corrected chi connectivity index (χ4v) is 1.71. The summed E-state index contributed by atoms with van der Waals surface area (Å²) in [6, 6.07) is 12.1. The Bertz CT molecular complexity index is 734. The molecule has 0 fully saturated rings. The van der Waals surface area contributed by atoms with Gasteiger partial charge in [0.25, 0.3) is 0 Å². The van der Waals surface area contributed by atoms with Gasteiger partial charge in [-0.2, -0.15) is 9.50 Å². The number of pyridine rings is 1. The summed E-state index contributed by atoms with van der Waals surface area (Å²) in [5, 5.41) is 4.05. The standard InChI is InChI=1S/C13H10N4O2/c14-13-15-11-2-1-3-12(17(11)16-13)19-10-6-4-9(8-18)5-7-10/h1-8H,(H2,14,16). The molecule has 0 saturated carbocycles. The summed E-state index contributed by atoms with van der Waals surface area (Å²) in [5.74, 6) is 1.29. The highest BCUT2D eigenvalue weighted by Gasteiger charge is 2.06. The van der Waals surface area contributed by atoms with E-state index in [0.717, 1.165) is 6.29 Å². The van der Waals surface area contributed by atoms with E-state index in [0.29, 0.717) is 22.8 Å². The lowest BCUT2D eigenvalue weighted by Crippen LogP contribution is -1.96. The Morgan fingerprint density at radius 2 is 1.95 bits per heavy atom. The SMILES string of the molecule is Nc1nc2cccc(Oc3ccc(C=O)cc3)n2n1. The van der Waals surface area contributed by atoms with Gasteiger partial charge in [0.1, 0.15) is 12.0 Å². The minimum atomic E-state index is 0.187. The lowest BCUT2D eigenvalue weighted by atomic mass is 10.2. The molecule has 0 saturated heterocycles. The number of nitrogen functional groups attached to an aromatic ring is 1. The summed E-state index contributed by atoms with van der Waals surface area (Å²) in [5.41, 5.74) is 6.76. The maximum atomic E-state index is 10.6. The van der Waals surface area contributed by atoms with Crippen LogP contribution >= 0.6 is 0 Å². The Balaban J connectivity index is 1.97. The average Bonchev–Trinajstić information content (AvgIpc) is 2.81. The van der Waals surface area contributed by atoms with Crippen LogP contribution in [0.15, 0.2) is 42.5 Å². The molecule has 0 aliphatic rings. The molecule has 0 radical (unpaired) electrons. The van der Waals surface area contributed by atoms with Gasteiger partial charge in [-0.25, -0.2) is 0 Å². The zero-order chi connectivity index (χ0) is 13.2. The maximum Gasteiger partial charge on any atom is 0.240 e. The fraction of sp³-hybridized carbons (Fsp3) is 0. The van der Waals surface area contributed by atoms with E-state index in [4.69, 9.17) is 10.5 Å². The van der Waals surface area contributed by atoms with Crippen LogP contribution in [0.4, 0.5) is 5.95 Å². The molecule has 0 amide bonds. The molecule has 0 aliphatic carbocycles. The molecule has 2 aromatic heterocycles. The number of nitrogens with two attached hydrogens (primary N) is 1. The summed E-state index contributed by atoms with van der Waals surface area (Å²) in [6.07, 6.45) is 0.780. The normalized spacial score (nSPS) is 10.5. The van der Waals surface area contributed by atoms with E-state index in [-0.39, 0.29) is 5.95 Å². The summed E-state index contributed by atoms with van der Waals surface area (Å²) in [4.78, 5) is 14.6. The molecular formula is C13H10N4O2. The molecule has 0 aliphatic heterocycles. The third-order valence-electron chi connectivity index (χ3n) is 2.58. The highest BCUT2D eigenvalue weighted by atomic mass is 16.5. The second-order valence-corrected chi connectivity index (χ2v) is 3.89. The van der Waals surface area contributed by atoms with E-state index >= 15 is 0 Å². The monoisotopic (exact) mass is 254 g/mol. The molecular weight excluding hydrogens is 244 g/mol. The van der Waals surface area contributed by atoms with Gasteiger partial charge in [-0.05, 0) is 30.3 Å². The van der Waals surface area contributed by atoms with Crippen LogP contribution in [0.5, 0.6) is 11.6 Å². The molecule has 0 unspecified atom stereocenters. The first-order chi connectivity index (χ1) is 9.26. The van der Waals surface area contributed by atoms with Crippen LogP contribution in [0, 0.1) is 0 Å². The number of nitrogens with zero attached hydrogens (tertiary/aromatic N) is 3. The van der Waals surface area contributed by atoms with Crippen molar-refractivity contribution in [1.82, 2.24) is 14.6 Å². The van der Waals surface area contributed by atoms with Gasteiger partial charge in [0.2, 0.25) is 11.8 Å². The molecule has 2 N–H and O–H groups in total. The van der Waals surface area contributed by atoms with E-state index in [1.807, 2.05) is 0 Å². The van der Waals surface area contributed by atoms with Gasteiger partial charge >= 0.3 is 0 Å². The third-order valence-corrected chi connectivity index (χ3v) is 2.58. The topological polar surface area (TPSA) is 82.5 Å². The van der Waals surface area contributed by atoms with Crippen molar-refractivity contribution >= 4 is 17.9 Å². The zero-order valence-electron chi connectivity index (χ0n) is 9.85. The van der Waals surface area contributed by atoms with Gasteiger partial charge in [0.05, 0.1) is 0 Å². The smallest absolute Gasteiger partial charge is 0.240 e. The summed E-state index contributed by atoms with van der Waals surface area (Å²) < 4.78 is 7.21. The highest BCUT2D eigenvalue weighted by Crippen LogP contribution is 2.22. The first-order valence-electron chi connectivity index (χ1n) is 5.60. The second-order valence-electron chi connectivity index (χ2n) is 3.89. The van der Waals surface area contributed by atoms with E-state index in [1.165, 1.54) is 4.52 Å². The molecule has 6 heteroatoms. The second kappa shape index (κ2) is 4.41. The number of ether oxygens (including phenoxy) is 1. The molecule has 19 heavy (non-hydrogen) atoms. The van der Waals surface area contributed by atoms with E-state index in [9.17, 15) is 4.79 Å². The van der Waals surface area contributed by atoms with Crippen molar-refractivity contribution in [1.29, 1.82) is 0 Å². The van der Waals surface area contributed by atoms with Gasteiger partial charge in [-0.15, -0.1) is 5.10 Å². The Morgan fingerprint density at radius 3 is 2.68 bits per heavy atom. The van der Waals surface area contributed by atoms with E-state index in [2.05, 4.69) is 10.1 Å². The zero-order valence-corrected chi connectivity index (χ0v) is 9.85. The van der Waals surface area contributed by atoms with Crippen LogP contribution in [0.3, 0.4) is 0 Å². The number of aldehydes is 1. The minimum Gasteiger partial charge on any atom is -0.439 e. The number of fused-ring (bicyclic) bond motifs is 1. The number of anilines is 1. The fourth-order valence-electron chi connectivity index (χ4n) is 1.71. The minimum absolute atomic E-state index is 0.187. The van der Waals surface area contributed by atoms with Crippen molar-refractivity contribution in [3.05, 3.63) is 48.0 Å². The van der Waals surface area contributed by atoms with Crippen LogP contribution < -0.4 is 10.5 Å². The molecule has 0 spiro atoms. The molecule has 0 bridgehead atoms. The number of aromatic nitrogens is 3. The number of carbonyl (C=O) groups excluding carboxylic acids is 1. The van der Waals surface area contributed by atoms with Gasteiger partial charge < -0.3 is 10.5 Å². The van der Waals surface area contributed by atoms with E-state index < -0.39 is 0 Å². The lowest BCUT2D eigenvalue weighted by Gasteiger charge is -2.06. The first kappa shape index (κ1) is 11.2. The third kappa shape index (κ3) is 2.11. The molecule has 6 nitrogen and oxygen atoms in total. The Kier molecular flexibility index (Phi) is 2.60. The predicted octanol–water partition coefficient (Wildman–Crippen LogP) is 1.92. The van der Waals surface area contributed by atoms with Crippen LogP contribution in [-0.2, 0) is 0 Å². The molecule has 1 aromatic carbocycles. The van der Waals surface area contributed by atoms with Crippen LogP contribution in [-0.4, -0.2) is 20.9 Å². The predicted molar refractivity (Wildman–Crippen MR) is 69.3 cm³/mol. The quantitative estimate of drug-likeness (QED) is 0.722. The van der Waals surface area contributed by atoms with Crippen LogP contribution in [0.25, 0.3) is 5.65 Å². The number of rotatable bonds is 3. The summed E-state index contributed by atoms with van der Waals surface area (Å²) in [6.45, 7) is 0. The van der Waals surface area contributed by atoms with Crippen molar-refractivity contribution < 1.29 is 9.53 Å². The summed E-state index contributed by atoms with van der Waals surface area (Å²) in [7, 11) is 0. The van der Waals surface area contributed by atoms with Crippen LogP contribution in [0.2, 0.25) is 0 Å². The van der Waals surface area contributed by atoms with Gasteiger partial charge in [0, 0.05) is 11.6 Å². The average molecular weight is 254 g/mol. The Hall–Kier alpha value is -2.89. The molecule has 2 heterocycles. The number of benzene rings is 1. The Labute approximate surface area is 108 Å². The highest BCUT2D eigenvalue weighted by molar-refractivity contribution is 5.74. The van der Waals surface area contributed by atoms with Crippen molar-refractivity contribution in [2.45, 2.75) is 0 Å². The van der Waals surface area contributed by atoms with Crippen molar-refractivity contribution in [2.24, 2.45) is 0 Å². The molecule has 94 valence electrons. The van der Waals surface area contributed by atoms with Crippen molar-refractivity contribution in [3.63, 3.8) is 0 Å². The van der Waals surface area contributed by atoms with Gasteiger partial charge in [0.15, 0.2) is 5.65 Å². The maximum absolute atomic E-state index is 10.6. The van der Waals surface area contributed by atoms with E-state index in [1.54, 1.807) is 42.5 Å². The Morgan fingerprint density at radius 1 is 1.16 bits per heavy atom. The summed E-state index contributed by atoms with van der Waals surface area (Å²) >= 11 is 0. The molecule has 3 rings (SSSR count). The lowest BCUT2D eigenvalue weighted by molar-refractivity contribution is 0.112. The number of hydrogen-bond donors (Lipinski definition) is 1.